The number of nitrogens with one attached hydrogen (secondary N) is 1. The number of nitrogens with zero attached hydrogens (tertiary/aromatic N) is 1. The number of ketones is 1. The number of aryl methyl sites for hydroxylation is 1. The first-order valence-electron chi connectivity index (χ1n) is 7.47. The van der Waals surface area contributed by atoms with Crippen molar-refractivity contribution < 1.29 is 14.7 Å². The Balaban J connectivity index is 2.19. The molecular weight excluding hydrogens is 268 g/mol. The van der Waals surface area contributed by atoms with Crippen molar-refractivity contribution >= 4 is 23.1 Å². The number of carbonyl (C=O) groups is 2. The van der Waals surface area contributed by atoms with Crippen LogP contribution in [0.2, 0.25) is 0 Å². The van der Waals surface area contributed by atoms with Gasteiger partial charge in [0.1, 0.15) is 5.92 Å². The van der Waals surface area contributed by atoms with Gasteiger partial charge in [0.25, 0.3) is 0 Å². The zero-order valence-electron chi connectivity index (χ0n) is 12.4. The lowest BCUT2D eigenvalue weighted by atomic mass is 9.85. The number of hydrogen-bond acceptors (Lipinski definition) is 4. The summed E-state index contributed by atoms with van der Waals surface area (Å²) in [6.07, 6.45) is 1.98. The average Bonchev–Trinajstić information content (AvgIpc) is 2.48. The summed E-state index contributed by atoms with van der Waals surface area (Å²) in [5, 5.41) is 12.7. The second-order valence-corrected chi connectivity index (χ2v) is 5.76. The van der Waals surface area contributed by atoms with E-state index in [1.807, 2.05) is 24.8 Å². The van der Waals surface area contributed by atoms with Crippen molar-refractivity contribution in [1.82, 2.24) is 0 Å². The minimum atomic E-state index is -1.03. The third-order valence-corrected chi connectivity index (χ3v) is 4.53. The Bertz CT molecular complexity index is 624. The van der Waals surface area contributed by atoms with Crippen LogP contribution in [0.15, 0.2) is 6.07 Å². The van der Waals surface area contributed by atoms with Gasteiger partial charge in [-0.2, -0.15) is 0 Å². The molecule has 0 saturated heterocycles. The molecule has 0 aliphatic carbocycles. The van der Waals surface area contributed by atoms with Crippen molar-refractivity contribution in [1.29, 1.82) is 0 Å². The monoisotopic (exact) mass is 288 g/mol. The van der Waals surface area contributed by atoms with Crippen molar-refractivity contribution in [2.45, 2.75) is 26.7 Å². The van der Waals surface area contributed by atoms with Crippen LogP contribution < -0.4 is 10.2 Å². The molecule has 1 unspecified atom stereocenters. The standard InChI is InChI=1S/C16H20N2O3/c1-3-18-8-12(16(20)21)15(19)11-7-10-5-4-6-17-13(10)9(2)14(11)18/h7,12,17H,3-6,8H2,1-2H3,(H,20,21). The second kappa shape index (κ2) is 5.06. The highest BCUT2D eigenvalue weighted by Gasteiger charge is 2.38. The summed E-state index contributed by atoms with van der Waals surface area (Å²) in [6.45, 7) is 5.92. The maximum atomic E-state index is 12.5. The predicted octanol–water partition coefficient (Wildman–Crippen LogP) is 2.08. The van der Waals surface area contributed by atoms with Crippen LogP contribution in [0.25, 0.3) is 0 Å². The van der Waals surface area contributed by atoms with Crippen LogP contribution >= 0.6 is 0 Å². The fourth-order valence-corrected chi connectivity index (χ4v) is 3.47. The molecule has 3 rings (SSSR count). The number of aliphatic carboxylic acids is 1. The Morgan fingerprint density at radius 1 is 1.52 bits per heavy atom. The fraction of sp³-hybridized carbons (Fsp3) is 0.500. The minimum absolute atomic E-state index is 0.251. The van der Waals surface area contributed by atoms with Gasteiger partial charge in [0.05, 0.1) is 5.69 Å². The summed E-state index contributed by atoms with van der Waals surface area (Å²) in [5.74, 6) is -2.23. The van der Waals surface area contributed by atoms with E-state index in [-0.39, 0.29) is 12.3 Å². The zero-order valence-corrected chi connectivity index (χ0v) is 12.4. The van der Waals surface area contributed by atoms with Gasteiger partial charge in [0.15, 0.2) is 5.78 Å². The molecule has 2 heterocycles. The SMILES string of the molecule is CCN1CC(C(=O)O)C(=O)c2cc3c(c(C)c21)NCCC3. The minimum Gasteiger partial charge on any atom is -0.481 e. The van der Waals surface area contributed by atoms with Crippen LogP contribution in [-0.2, 0) is 11.2 Å². The van der Waals surface area contributed by atoms with E-state index in [1.54, 1.807) is 0 Å². The van der Waals surface area contributed by atoms with E-state index >= 15 is 0 Å². The Labute approximate surface area is 123 Å². The zero-order chi connectivity index (χ0) is 15.1. The van der Waals surface area contributed by atoms with Crippen LogP contribution in [0, 0.1) is 12.8 Å². The normalized spacial score (nSPS) is 20.6. The highest BCUT2D eigenvalue weighted by Crippen LogP contribution is 2.40. The largest absolute Gasteiger partial charge is 0.481 e. The molecule has 1 aromatic rings. The molecule has 0 saturated carbocycles. The maximum Gasteiger partial charge on any atom is 0.316 e. The van der Waals surface area contributed by atoms with Crippen LogP contribution in [0.4, 0.5) is 11.4 Å². The van der Waals surface area contributed by atoms with Gasteiger partial charge in [-0.05, 0) is 43.9 Å². The smallest absolute Gasteiger partial charge is 0.316 e. The lowest BCUT2D eigenvalue weighted by Gasteiger charge is -2.36. The maximum absolute atomic E-state index is 12.5. The van der Waals surface area contributed by atoms with E-state index in [4.69, 9.17) is 0 Å². The highest BCUT2D eigenvalue weighted by atomic mass is 16.4. The van der Waals surface area contributed by atoms with Crippen LogP contribution in [0.1, 0.15) is 34.8 Å². The van der Waals surface area contributed by atoms with E-state index < -0.39 is 11.9 Å². The van der Waals surface area contributed by atoms with Gasteiger partial charge in [-0.1, -0.05) is 0 Å². The number of carboxylic acids is 1. The molecule has 0 aromatic heterocycles. The summed E-state index contributed by atoms with van der Waals surface area (Å²) in [7, 11) is 0. The second-order valence-electron chi connectivity index (χ2n) is 5.76. The summed E-state index contributed by atoms with van der Waals surface area (Å²) >= 11 is 0. The third kappa shape index (κ3) is 2.07. The third-order valence-electron chi connectivity index (χ3n) is 4.53. The Morgan fingerprint density at radius 2 is 2.29 bits per heavy atom. The summed E-state index contributed by atoms with van der Waals surface area (Å²) in [5.41, 5.74) is 4.82. The van der Waals surface area contributed by atoms with Gasteiger partial charge in [-0.25, -0.2) is 0 Å². The molecule has 2 N–H and O–H groups in total. The first-order chi connectivity index (χ1) is 10.0. The molecule has 112 valence electrons. The van der Waals surface area contributed by atoms with Gasteiger partial charge in [-0.15, -0.1) is 0 Å². The first kappa shape index (κ1) is 13.9. The molecule has 0 spiro atoms. The summed E-state index contributed by atoms with van der Waals surface area (Å²) in [6, 6.07) is 1.91. The molecule has 1 atom stereocenters. The first-order valence-corrected chi connectivity index (χ1v) is 7.47. The molecule has 21 heavy (non-hydrogen) atoms. The number of fused-ring (bicyclic) bond motifs is 2. The molecule has 5 heteroatoms. The lowest BCUT2D eigenvalue weighted by molar-refractivity contribution is -0.139. The Morgan fingerprint density at radius 3 is 2.95 bits per heavy atom. The Kier molecular flexibility index (Phi) is 3.35. The number of hydrogen-bond donors (Lipinski definition) is 2. The molecule has 0 fully saturated rings. The van der Waals surface area contributed by atoms with Crippen molar-refractivity contribution in [2.75, 3.05) is 29.9 Å². The van der Waals surface area contributed by atoms with Crippen LogP contribution in [0.3, 0.4) is 0 Å². The van der Waals surface area contributed by atoms with Gasteiger partial charge in [0.2, 0.25) is 0 Å². The van der Waals surface area contributed by atoms with Crippen molar-refractivity contribution in [2.24, 2.45) is 5.92 Å². The summed E-state index contributed by atoms with van der Waals surface area (Å²) in [4.78, 5) is 25.9. The van der Waals surface area contributed by atoms with E-state index in [2.05, 4.69) is 5.32 Å². The van der Waals surface area contributed by atoms with Gasteiger partial charge < -0.3 is 15.3 Å². The molecule has 2 aliphatic heterocycles. The van der Waals surface area contributed by atoms with Gasteiger partial charge in [0, 0.05) is 30.9 Å². The topological polar surface area (TPSA) is 69.6 Å². The number of anilines is 2. The number of benzene rings is 1. The van der Waals surface area contributed by atoms with E-state index in [0.29, 0.717) is 12.1 Å². The van der Waals surface area contributed by atoms with Gasteiger partial charge in [-0.3, -0.25) is 9.59 Å². The average molecular weight is 288 g/mol. The molecule has 0 amide bonds. The predicted molar refractivity (Wildman–Crippen MR) is 81.3 cm³/mol. The molecule has 2 aliphatic rings. The molecule has 5 nitrogen and oxygen atoms in total. The fourth-order valence-electron chi connectivity index (χ4n) is 3.47. The van der Waals surface area contributed by atoms with E-state index in [9.17, 15) is 14.7 Å². The number of rotatable bonds is 2. The molecule has 1 aromatic carbocycles. The quantitative estimate of drug-likeness (QED) is 0.815. The van der Waals surface area contributed by atoms with E-state index in [1.165, 1.54) is 0 Å². The summed E-state index contributed by atoms with van der Waals surface area (Å²) < 4.78 is 0. The molecular formula is C16H20N2O3. The van der Waals surface area contributed by atoms with E-state index in [0.717, 1.165) is 41.9 Å². The number of carboxylic acid groups (broad SMARTS) is 1. The van der Waals surface area contributed by atoms with Gasteiger partial charge >= 0.3 is 5.97 Å². The lowest BCUT2D eigenvalue weighted by Crippen LogP contribution is -2.43. The Hall–Kier alpha value is -2.04. The molecule has 0 radical (unpaired) electrons. The van der Waals surface area contributed by atoms with Crippen LogP contribution in [0.5, 0.6) is 0 Å². The number of carbonyl (C=O) groups excluding carboxylic acids is 1. The highest BCUT2D eigenvalue weighted by molar-refractivity contribution is 6.14. The van der Waals surface area contributed by atoms with Crippen molar-refractivity contribution in [3.05, 3.63) is 22.8 Å². The van der Waals surface area contributed by atoms with Crippen molar-refractivity contribution in [3.8, 4) is 0 Å². The van der Waals surface area contributed by atoms with Crippen molar-refractivity contribution in [3.63, 3.8) is 0 Å². The molecule has 0 bridgehead atoms. The number of Topliss-reactive ketones (excluding diaryl/α,β-unsaturated/α-hetero) is 1. The van der Waals surface area contributed by atoms with Crippen LogP contribution in [-0.4, -0.2) is 36.5 Å².